The molecule has 0 saturated carbocycles. The first kappa shape index (κ1) is 6.71. The van der Waals surface area contributed by atoms with Crippen molar-refractivity contribution in [2.75, 3.05) is 6.54 Å². The van der Waals surface area contributed by atoms with E-state index in [2.05, 4.69) is 17.8 Å². The van der Waals surface area contributed by atoms with Crippen molar-refractivity contribution >= 4 is 6.29 Å². The summed E-state index contributed by atoms with van der Waals surface area (Å²) in [6.07, 6.45) is 2.03. The van der Waals surface area contributed by atoms with E-state index < -0.39 is 0 Å². The topological polar surface area (TPSA) is 41.1 Å². The van der Waals surface area contributed by atoms with Gasteiger partial charge in [-0.25, -0.2) is 5.43 Å². The van der Waals surface area contributed by atoms with Crippen molar-refractivity contribution in [2.45, 2.75) is 19.4 Å². The van der Waals surface area contributed by atoms with E-state index in [0.29, 0.717) is 5.92 Å². The third kappa shape index (κ3) is 1.50. The Morgan fingerprint density at radius 3 is 2.89 bits per heavy atom. The molecule has 1 saturated heterocycles. The average molecular weight is 128 g/mol. The summed E-state index contributed by atoms with van der Waals surface area (Å²) in [5.74, 6) is 0.476. The number of hydrogen-bond acceptors (Lipinski definition) is 3. The van der Waals surface area contributed by atoms with Gasteiger partial charge >= 0.3 is 0 Å². The first-order valence-electron chi connectivity index (χ1n) is 3.28. The first-order chi connectivity index (χ1) is 4.34. The van der Waals surface area contributed by atoms with Gasteiger partial charge in [-0.15, -0.1) is 0 Å². The molecular formula is C6H12N2O. The van der Waals surface area contributed by atoms with Gasteiger partial charge < -0.3 is 4.79 Å². The lowest BCUT2D eigenvalue weighted by Crippen LogP contribution is -2.50. The molecule has 0 bridgehead atoms. The van der Waals surface area contributed by atoms with E-state index in [4.69, 9.17) is 0 Å². The predicted octanol–water partition coefficient (Wildman–Crippen LogP) is -0.312. The van der Waals surface area contributed by atoms with Gasteiger partial charge in [0.2, 0.25) is 0 Å². The van der Waals surface area contributed by atoms with Crippen molar-refractivity contribution < 1.29 is 4.79 Å². The Bertz CT molecular complexity index is 105. The summed E-state index contributed by atoms with van der Waals surface area (Å²) < 4.78 is 0. The Morgan fingerprint density at radius 2 is 2.44 bits per heavy atom. The molecule has 0 aromatic carbocycles. The highest BCUT2D eigenvalue weighted by atomic mass is 16.1. The van der Waals surface area contributed by atoms with E-state index >= 15 is 0 Å². The van der Waals surface area contributed by atoms with Crippen LogP contribution in [0, 0.1) is 5.92 Å². The molecule has 2 unspecified atom stereocenters. The highest BCUT2D eigenvalue weighted by molar-refractivity contribution is 5.58. The van der Waals surface area contributed by atoms with Crippen LogP contribution in [0.1, 0.15) is 13.3 Å². The highest BCUT2D eigenvalue weighted by Crippen LogP contribution is 2.07. The quantitative estimate of drug-likeness (QED) is 0.476. The van der Waals surface area contributed by atoms with Crippen LogP contribution in [-0.4, -0.2) is 18.9 Å². The Balaban J connectivity index is 2.38. The molecule has 3 nitrogen and oxygen atoms in total. The van der Waals surface area contributed by atoms with Gasteiger partial charge in [-0.1, -0.05) is 6.92 Å². The largest absolute Gasteiger partial charge is 0.302 e. The van der Waals surface area contributed by atoms with Crippen LogP contribution in [0.4, 0.5) is 0 Å². The molecule has 0 aromatic rings. The number of rotatable bonds is 1. The fourth-order valence-corrected chi connectivity index (χ4v) is 0.980. The maximum Gasteiger partial charge on any atom is 0.138 e. The zero-order valence-electron chi connectivity index (χ0n) is 5.55. The normalized spacial score (nSPS) is 36.1. The summed E-state index contributed by atoms with van der Waals surface area (Å²) in [6, 6.07) is 0.0127. The SMILES string of the molecule is CC1CCNNC1C=O. The zero-order valence-corrected chi connectivity index (χ0v) is 5.55. The van der Waals surface area contributed by atoms with Crippen LogP contribution < -0.4 is 10.9 Å². The lowest BCUT2D eigenvalue weighted by Gasteiger charge is -2.25. The summed E-state index contributed by atoms with van der Waals surface area (Å²) in [7, 11) is 0. The van der Waals surface area contributed by atoms with Gasteiger partial charge in [-0.3, -0.25) is 5.43 Å². The first-order valence-corrected chi connectivity index (χ1v) is 3.28. The second kappa shape index (κ2) is 2.94. The van der Waals surface area contributed by atoms with Crippen molar-refractivity contribution in [3.05, 3.63) is 0 Å². The standard InChI is InChI=1S/C6H12N2O/c1-5-2-3-7-8-6(5)4-9/h4-8H,2-3H2,1H3. The Morgan fingerprint density at radius 1 is 1.67 bits per heavy atom. The van der Waals surface area contributed by atoms with Crippen molar-refractivity contribution in [3.63, 3.8) is 0 Å². The second-order valence-corrected chi connectivity index (χ2v) is 2.50. The molecule has 0 aliphatic carbocycles. The lowest BCUT2D eigenvalue weighted by atomic mass is 9.99. The molecule has 52 valence electrons. The molecule has 0 radical (unpaired) electrons. The Labute approximate surface area is 54.8 Å². The fourth-order valence-electron chi connectivity index (χ4n) is 0.980. The summed E-state index contributed by atoms with van der Waals surface area (Å²) in [4.78, 5) is 10.3. The van der Waals surface area contributed by atoms with Gasteiger partial charge in [0.1, 0.15) is 6.29 Å². The van der Waals surface area contributed by atoms with Crippen molar-refractivity contribution in [1.29, 1.82) is 0 Å². The summed E-state index contributed by atoms with van der Waals surface area (Å²) in [5.41, 5.74) is 5.84. The van der Waals surface area contributed by atoms with Crippen LogP contribution in [0.5, 0.6) is 0 Å². The van der Waals surface area contributed by atoms with Gasteiger partial charge in [-0.2, -0.15) is 0 Å². The molecule has 2 atom stereocenters. The third-order valence-corrected chi connectivity index (χ3v) is 1.75. The maximum atomic E-state index is 10.3. The van der Waals surface area contributed by atoms with Crippen LogP contribution in [0.15, 0.2) is 0 Å². The van der Waals surface area contributed by atoms with Crippen molar-refractivity contribution in [2.24, 2.45) is 5.92 Å². The van der Waals surface area contributed by atoms with Crippen molar-refractivity contribution in [3.8, 4) is 0 Å². The Hall–Kier alpha value is -0.410. The molecule has 1 rings (SSSR count). The molecule has 1 fully saturated rings. The maximum absolute atomic E-state index is 10.3. The summed E-state index contributed by atoms with van der Waals surface area (Å²) in [5, 5.41) is 0. The molecule has 0 amide bonds. The minimum atomic E-state index is 0.0127. The predicted molar refractivity (Wildman–Crippen MR) is 34.8 cm³/mol. The number of nitrogens with one attached hydrogen (secondary N) is 2. The van der Waals surface area contributed by atoms with Gasteiger partial charge in [0.05, 0.1) is 6.04 Å². The fraction of sp³-hybridized carbons (Fsp3) is 0.833. The molecular weight excluding hydrogens is 116 g/mol. The molecule has 0 spiro atoms. The Kier molecular flexibility index (Phi) is 2.19. The molecule has 9 heavy (non-hydrogen) atoms. The third-order valence-electron chi connectivity index (χ3n) is 1.75. The van der Waals surface area contributed by atoms with E-state index in [1.54, 1.807) is 0 Å². The lowest BCUT2D eigenvalue weighted by molar-refractivity contribution is -0.111. The van der Waals surface area contributed by atoms with E-state index in [9.17, 15) is 4.79 Å². The van der Waals surface area contributed by atoms with Crippen LogP contribution in [-0.2, 0) is 4.79 Å². The van der Waals surface area contributed by atoms with Gasteiger partial charge in [0.15, 0.2) is 0 Å². The molecule has 1 aliphatic rings. The highest BCUT2D eigenvalue weighted by Gasteiger charge is 2.18. The smallest absolute Gasteiger partial charge is 0.138 e. The number of carbonyl (C=O) groups excluding carboxylic acids is 1. The molecule has 0 aromatic heterocycles. The van der Waals surface area contributed by atoms with Gasteiger partial charge in [0.25, 0.3) is 0 Å². The minimum absolute atomic E-state index is 0.0127. The van der Waals surface area contributed by atoms with Crippen LogP contribution in [0.2, 0.25) is 0 Å². The number of hydrazine groups is 1. The molecule has 2 N–H and O–H groups in total. The molecule has 1 aliphatic heterocycles. The summed E-state index contributed by atoms with van der Waals surface area (Å²) in [6.45, 7) is 3.04. The van der Waals surface area contributed by atoms with E-state index in [1.807, 2.05) is 0 Å². The number of hydrogen-bond donors (Lipinski definition) is 2. The minimum Gasteiger partial charge on any atom is -0.302 e. The zero-order chi connectivity index (χ0) is 6.69. The summed E-state index contributed by atoms with van der Waals surface area (Å²) >= 11 is 0. The number of carbonyl (C=O) groups is 1. The van der Waals surface area contributed by atoms with Crippen LogP contribution in [0.3, 0.4) is 0 Å². The molecule has 3 heteroatoms. The second-order valence-electron chi connectivity index (χ2n) is 2.50. The van der Waals surface area contributed by atoms with Gasteiger partial charge in [0, 0.05) is 6.54 Å². The number of aldehydes is 1. The van der Waals surface area contributed by atoms with Crippen LogP contribution in [0.25, 0.3) is 0 Å². The average Bonchev–Trinajstić information content (AvgIpc) is 1.89. The van der Waals surface area contributed by atoms with Gasteiger partial charge in [-0.05, 0) is 12.3 Å². The van der Waals surface area contributed by atoms with E-state index in [-0.39, 0.29) is 6.04 Å². The van der Waals surface area contributed by atoms with Crippen LogP contribution >= 0.6 is 0 Å². The van der Waals surface area contributed by atoms with E-state index in [1.165, 1.54) is 0 Å². The van der Waals surface area contributed by atoms with Crippen molar-refractivity contribution in [1.82, 2.24) is 10.9 Å². The molecule has 1 heterocycles. The monoisotopic (exact) mass is 128 g/mol. The van der Waals surface area contributed by atoms with E-state index in [0.717, 1.165) is 19.3 Å².